The Morgan fingerprint density at radius 1 is 1.53 bits per heavy atom. The molecule has 0 spiro atoms. The molecule has 2 aromatic rings. The van der Waals surface area contributed by atoms with E-state index < -0.39 is 0 Å². The molecule has 1 aromatic heterocycles. The van der Waals surface area contributed by atoms with Gasteiger partial charge in [-0.05, 0) is 24.6 Å². The van der Waals surface area contributed by atoms with E-state index in [1.807, 2.05) is 29.8 Å². The lowest BCUT2D eigenvalue weighted by Gasteiger charge is -2.08. The van der Waals surface area contributed by atoms with Gasteiger partial charge in [0.1, 0.15) is 5.82 Å². The normalized spacial score (nSPS) is 13.3. The van der Waals surface area contributed by atoms with Crippen molar-refractivity contribution in [3.05, 3.63) is 29.0 Å². The molecule has 80 valence electrons. The summed E-state index contributed by atoms with van der Waals surface area (Å²) in [6.07, 6.45) is 0.880. The van der Waals surface area contributed by atoms with E-state index in [9.17, 15) is 0 Å². The molecule has 0 saturated heterocycles. The second kappa shape index (κ2) is 3.83. The number of imidazole rings is 1. The number of hydrogen-bond acceptors (Lipinski definition) is 2. The van der Waals surface area contributed by atoms with Gasteiger partial charge >= 0.3 is 0 Å². The van der Waals surface area contributed by atoms with Crippen molar-refractivity contribution in [2.45, 2.75) is 19.4 Å². The number of benzene rings is 1. The highest BCUT2D eigenvalue weighted by Crippen LogP contribution is 2.22. The van der Waals surface area contributed by atoms with Crippen LogP contribution in [0.2, 0.25) is 5.02 Å². The number of rotatable bonds is 2. The fraction of sp³-hybridized carbons (Fsp3) is 0.364. The molecular weight excluding hydrogens is 210 g/mol. The van der Waals surface area contributed by atoms with Crippen molar-refractivity contribution in [1.82, 2.24) is 9.55 Å². The predicted molar refractivity (Wildman–Crippen MR) is 62.9 cm³/mol. The van der Waals surface area contributed by atoms with Gasteiger partial charge in [-0.25, -0.2) is 4.98 Å². The maximum absolute atomic E-state index is 5.98. The summed E-state index contributed by atoms with van der Waals surface area (Å²) in [7, 11) is 1.97. The average molecular weight is 224 g/mol. The fourth-order valence-electron chi connectivity index (χ4n) is 1.70. The molecule has 0 bridgehead atoms. The van der Waals surface area contributed by atoms with Crippen molar-refractivity contribution in [3.63, 3.8) is 0 Å². The van der Waals surface area contributed by atoms with Crippen molar-refractivity contribution in [2.24, 2.45) is 12.8 Å². The van der Waals surface area contributed by atoms with Gasteiger partial charge in [0.15, 0.2) is 0 Å². The highest BCUT2D eigenvalue weighted by Gasteiger charge is 2.13. The molecule has 2 rings (SSSR count). The van der Waals surface area contributed by atoms with Crippen LogP contribution in [0.15, 0.2) is 18.2 Å². The summed E-state index contributed by atoms with van der Waals surface area (Å²) >= 11 is 5.94. The van der Waals surface area contributed by atoms with E-state index in [2.05, 4.69) is 11.9 Å². The molecule has 4 heteroatoms. The van der Waals surface area contributed by atoms with Crippen LogP contribution in [0.3, 0.4) is 0 Å². The first kappa shape index (κ1) is 10.5. The second-order valence-corrected chi connectivity index (χ2v) is 4.11. The largest absolute Gasteiger partial charge is 0.330 e. The van der Waals surface area contributed by atoms with Crippen LogP contribution in [0.1, 0.15) is 25.2 Å². The molecule has 1 atom stereocenters. The van der Waals surface area contributed by atoms with E-state index in [4.69, 9.17) is 17.3 Å². The third-order valence-electron chi connectivity index (χ3n) is 2.65. The van der Waals surface area contributed by atoms with Gasteiger partial charge in [0.25, 0.3) is 0 Å². The maximum atomic E-state index is 5.98. The molecule has 0 aliphatic carbocycles. The first-order chi connectivity index (χ1) is 7.13. The molecule has 1 aromatic carbocycles. The summed E-state index contributed by atoms with van der Waals surface area (Å²) in [6.45, 7) is 2.05. The Bertz CT molecular complexity index is 490. The third kappa shape index (κ3) is 1.73. The van der Waals surface area contributed by atoms with Crippen LogP contribution in [-0.2, 0) is 7.05 Å². The quantitative estimate of drug-likeness (QED) is 0.851. The summed E-state index contributed by atoms with van der Waals surface area (Å²) in [6, 6.07) is 5.67. The minimum absolute atomic E-state index is 0.0128. The van der Waals surface area contributed by atoms with Gasteiger partial charge in [0.2, 0.25) is 0 Å². The van der Waals surface area contributed by atoms with E-state index in [1.165, 1.54) is 0 Å². The topological polar surface area (TPSA) is 43.8 Å². The van der Waals surface area contributed by atoms with Crippen molar-refractivity contribution in [1.29, 1.82) is 0 Å². The highest BCUT2D eigenvalue weighted by atomic mass is 35.5. The summed E-state index contributed by atoms with van der Waals surface area (Å²) in [5.74, 6) is 0.912. The van der Waals surface area contributed by atoms with Crippen LogP contribution in [0.4, 0.5) is 0 Å². The zero-order valence-electron chi connectivity index (χ0n) is 8.87. The molecule has 3 nitrogen and oxygen atoms in total. The van der Waals surface area contributed by atoms with Gasteiger partial charge < -0.3 is 10.3 Å². The molecule has 0 radical (unpaired) electrons. The second-order valence-electron chi connectivity index (χ2n) is 3.68. The molecule has 0 saturated carbocycles. The minimum atomic E-state index is -0.0128. The van der Waals surface area contributed by atoms with Gasteiger partial charge in [-0.3, -0.25) is 0 Å². The number of aryl methyl sites for hydroxylation is 1. The Balaban J connectivity index is 2.64. The number of halogens is 1. The Hall–Kier alpha value is -1.06. The molecule has 0 aliphatic heterocycles. The number of hydrogen-bond donors (Lipinski definition) is 1. The van der Waals surface area contributed by atoms with E-state index in [0.717, 1.165) is 28.3 Å². The van der Waals surface area contributed by atoms with E-state index in [0.29, 0.717) is 0 Å². The summed E-state index contributed by atoms with van der Waals surface area (Å²) < 4.78 is 2.01. The summed E-state index contributed by atoms with van der Waals surface area (Å²) in [5.41, 5.74) is 7.95. The molecule has 1 heterocycles. The molecule has 0 fully saturated rings. The average Bonchev–Trinajstić information content (AvgIpc) is 2.55. The Labute approximate surface area is 93.9 Å². The van der Waals surface area contributed by atoms with E-state index in [-0.39, 0.29) is 6.04 Å². The van der Waals surface area contributed by atoms with Gasteiger partial charge in [-0.15, -0.1) is 0 Å². The van der Waals surface area contributed by atoms with Crippen LogP contribution in [0.5, 0.6) is 0 Å². The smallest absolute Gasteiger partial charge is 0.126 e. The van der Waals surface area contributed by atoms with Crippen molar-refractivity contribution >= 4 is 22.6 Å². The van der Waals surface area contributed by atoms with Crippen molar-refractivity contribution in [3.8, 4) is 0 Å². The molecule has 1 unspecified atom stereocenters. The number of nitrogens with zero attached hydrogens (tertiary/aromatic N) is 2. The monoisotopic (exact) mass is 223 g/mol. The predicted octanol–water partition coefficient (Wildman–Crippen LogP) is 2.64. The first-order valence-corrected chi connectivity index (χ1v) is 5.38. The van der Waals surface area contributed by atoms with Crippen molar-refractivity contribution < 1.29 is 0 Å². The molecule has 15 heavy (non-hydrogen) atoms. The standard InChI is InChI=1S/C11H14ClN3/c1-3-8(13)11-14-9-5-4-7(12)6-10(9)15(11)2/h4-6,8H,3,13H2,1-2H3. The van der Waals surface area contributed by atoms with Crippen LogP contribution >= 0.6 is 11.6 Å². The van der Waals surface area contributed by atoms with Gasteiger partial charge in [0.05, 0.1) is 17.1 Å². The Kier molecular flexibility index (Phi) is 2.67. The molecule has 0 aliphatic rings. The van der Waals surface area contributed by atoms with Gasteiger partial charge in [-0.2, -0.15) is 0 Å². The highest BCUT2D eigenvalue weighted by molar-refractivity contribution is 6.31. The van der Waals surface area contributed by atoms with Gasteiger partial charge in [0, 0.05) is 12.1 Å². The van der Waals surface area contributed by atoms with Crippen LogP contribution in [0, 0.1) is 0 Å². The van der Waals surface area contributed by atoms with E-state index >= 15 is 0 Å². The molecule has 2 N–H and O–H groups in total. The first-order valence-electron chi connectivity index (χ1n) is 5.01. The van der Waals surface area contributed by atoms with Crippen LogP contribution in [-0.4, -0.2) is 9.55 Å². The van der Waals surface area contributed by atoms with Crippen molar-refractivity contribution in [2.75, 3.05) is 0 Å². The Morgan fingerprint density at radius 3 is 2.93 bits per heavy atom. The van der Waals surface area contributed by atoms with Crippen LogP contribution in [0.25, 0.3) is 11.0 Å². The fourth-order valence-corrected chi connectivity index (χ4v) is 1.86. The summed E-state index contributed by atoms with van der Waals surface area (Å²) in [4.78, 5) is 4.50. The lowest BCUT2D eigenvalue weighted by Crippen LogP contribution is -2.14. The minimum Gasteiger partial charge on any atom is -0.330 e. The van der Waals surface area contributed by atoms with E-state index in [1.54, 1.807) is 0 Å². The lowest BCUT2D eigenvalue weighted by molar-refractivity contribution is 0.623. The van der Waals surface area contributed by atoms with Crippen LogP contribution < -0.4 is 5.73 Å². The lowest BCUT2D eigenvalue weighted by atomic mass is 10.2. The molecular formula is C11H14ClN3. The van der Waals surface area contributed by atoms with Gasteiger partial charge in [-0.1, -0.05) is 18.5 Å². The summed E-state index contributed by atoms with van der Waals surface area (Å²) in [5, 5.41) is 0.724. The zero-order chi connectivity index (χ0) is 11.0. The third-order valence-corrected chi connectivity index (χ3v) is 2.88. The zero-order valence-corrected chi connectivity index (χ0v) is 9.62. The number of aromatic nitrogens is 2. The number of nitrogens with two attached hydrogens (primary N) is 1. The maximum Gasteiger partial charge on any atom is 0.126 e. The SMILES string of the molecule is CCC(N)c1nc2ccc(Cl)cc2n1C. The molecule has 0 amide bonds. The number of fused-ring (bicyclic) bond motifs is 1. The Morgan fingerprint density at radius 2 is 2.27 bits per heavy atom.